The van der Waals surface area contributed by atoms with Crippen molar-refractivity contribution in [2.24, 2.45) is 7.05 Å². The normalized spacial score (nSPS) is 14.9. The second-order valence-corrected chi connectivity index (χ2v) is 10.2. The summed E-state index contributed by atoms with van der Waals surface area (Å²) >= 11 is 0. The summed E-state index contributed by atoms with van der Waals surface area (Å²) in [7, 11) is 1.88. The van der Waals surface area contributed by atoms with E-state index in [0.29, 0.717) is 29.8 Å². The van der Waals surface area contributed by atoms with Gasteiger partial charge >= 0.3 is 0 Å². The fourth-order valence-corrected chi connectivity index (χ4v) is 4.69. The van der Waals surface area contributed by atoms with Crippen LogP contribution in [0.15, 0.2) is 36.7 Å². The zero-order chi connectivity index (χ0) is 27.5. The Morgan fingerprint density at radius 2 is 1.51 bits per heavy atom. The van der Waals surface area contributed by atoms with E-state index in [1.807, 2.05) is 36.0 Å². The van der Waals surface area contributed by atoms with Gasteiger partial charge in [0.15, 0.2) is 5.78 Å². The number of aryl methyl sites for hydroxylation is 2. The van der Waals surface area contributed by atoms with Crippen LogP contribution in [0.25, 0.3) is 22.5 Å². The number of hydrogen-bond donors (Lipinski definition) is 0. The highest BCUT2D eigenvalue weighted by Gasteiger charge is 2.31. The Kier molecular flexibility index (Phi) is 12.2. The molecule has 4 heteroatoms. The fourth-order valence-electron chi connectivity index (χ4n) is 4.69. The van der Waals surface area contributed by atoms with Gasteiger partial charge in [-0.3, -0.25) is 4.79 Å². The maximum absolute atomic E-state index is 16.0. The fraction of sp³-hybridized carbons (Fsp3) is 0.515. The molecule has 0 amide bonds. The van der Waals surface area contributed by atoms with Crippen molar-refractivity contribution in [2.75, 3.05) is 0 Å². The van der Waals surface area contributed by atoms with Crippen molar-refractivity contribution in [3.8, 4) is 22.5 Å². The lowest BCUT2D eigenvalue weighted by Gasteiger charge is -2.19. The van der Waals surface area contributed by atoms with E-state index in [-0.39, 0.29) is 17.5 Å². The summed E-state index contributed by atoms with van der Waals surface area (Å²) in [6, 6.07) is 7.89. The summed E-state index contributed by atoms with van der Waals surface area (Å²) in [6.07, 6.45) is 11.8. The molecule has 0 aliphatic heterocycles. The van der Waals surface area contributed by atoms with Gasteiger partial charge in [-0.25, -0.2) is 9.37 Å². The van der Waals surface area contributed by atoms with Gasteiger partial charge in [0.1, 0.15) is 11.6 Å². The van der Waals surface area contributed by atoms with Crippen molar-refractivity contribution in [3.05, 3.63) is 64.7 Å². The summed E-state index contributed by atoms with van der Waals surface area (Å²) in [4.78, 5) is 16.6. The topological polar surface area (TPSA) is 34.9 Å². The Balaban J connectivity index is 0.000000419. The van der Waals surface area contributed by atoms with Gasteiger partial charge in [-0.2, -0.15) is 0 Å². The Labute approximate surface area is 224 Å². The molecule has 3 aromatic rings. The van der Waals surface area contributed by atoms with Crippen LogP contribution in [0.1, 0.15) is 120 Å². The first-order chi connectivity index (χ1) is 17.8. The maximum atomic E-state index is 16.0. The summed E-state index contributed by atoms with van der Waals surface area (Å²) in [5, 5.41) is 0. The first kappa shape index (κ1) is 30.5. The standard InChI is InChI=1S/C23H21FN2O.C4H10.2C3H8/c1-13-3-4-14-5-6-16-17(9-10-19(16)27)20(14)21-15(13)7-8-18(22(21)24)23-25-11-12-26(23)2;1-3-4-2;2*1-3-2/h5-8,11-13H,3-4,9-10H2,1-2H3;3-4H2,1-2H3;2*3H2,1-2H3. The number of nitrogens with zero attached hydrogens (tertiary/aromatic N) is 2. The lowest BCUT2D eigenvalue weighted by molar-refractivity contribution is 0.0994. The monoisotopic (exact) mass is 506 g/mol. The van der Waals surface area contributed by atoms with Crippen LogP contribution in [0.4, 0.5) is 4.39 Å². The van der Waals surface area contributed by atoms with Crippen LogP contribution in [-0.4, -0.2) is 15.3 Å². The van der Waals surface area contributed by atoms with Crippen LogP contribution in [0.3, 0.4) is 0 Å². The molecule has 0 fully saturated rings. The number of halogens is 1. The maximum Gasteiger partial charge on any atom is 0.163 e. The number of benzene rings is 2. The van der Waals surface area contributed by atoms with E-state index >= 15 is 4.39 Å². The number of aromatic nitrogens is 2. The van der Waals surface area contributed by atoms with Crippen LogP contribution in [0.5, 0.6) is 0 Å². The Bertz CT molecular complexity index is 1160. The minimum Gasteiger partial charge on any atom is -0.334 e. The lowest BCUT2D eigenvalue weighted by Crippen LogP contribution is -2.03. The largest absolute Gasteiger partial charge is 0.334 e. The molecule has 2 aromatic carbocycles. The van der Waals surface area contributed by atoms with E-state index in [0.717, 1.165) is 40.7 Å². The van der Waals surface area contributed by atoms with Gasteiger partial charge in [0, 0.05) is 37.0 Å². The highest BCUT2D eigenvalue weighted by molar-refractivity contribution is 6.03. The van der Waals surface area contributed by atoms with Gasteiger partial charge in [-0.1, -0.05) is 92.3 Å². The zero-order valence-corrected chi connectivity index (χ0v) is 24.4. The van der Waals surface area contributed by atoms with Crippen LogP contribution in [-0.2, 0) is 19.9 Å². The third-order valence-corrected chi connectivity index (χ3v) is 6.67. The van der Waals surface area contributed by atoms with Gasteiger partial charge < -0.3 is 4.57 Å². The number of carbonyl (C=O) groups excluding carboxylic acids is 1. The van der Waals surface area contributed by atoms with Crippen molar-refractivity contribution >= 4 is 5.78 Å². The van der Waals surface area contributed by atoms with Crippen molar-refractivity contribution in [1.82, 2.24) is 9.55 Å². The number of unbranched alkanes of at least 4 members (excludes halogenated alkanes) is 1. The summed E-state index contributed by atoms with van der Waals surface area (Å²) in [6.45, 7) is 15.0. The number of hydrogen-bond acceptors (Lipinski definition) is 2. The molecule has 5 rings (SSSR count). The zero-order valence-electron chi connectivity index (χ0n) is 24.4. The third-order valence-electron chi connectivity index (χ3n) is 6.67. The molecule has 3 nitrogen and oxygen atoms in total. The highest BCUT2D eigenvalue weighted by Crippen LogP contribution is 2.46. The third kappa shape index (κ3) is 6.97. The summed E-state index contributed by atoms with van der Waals surface area (Å²) in [5.41, 5.74) is 6.17. The van der Waals surface area contributed by atoms with Crippen LogP contribution in [0, 0.1) is 5.82 Å². The number of rotatable bonds is 2. The molecule has 0 saturated carbocycles. The van der Waals surface area contributed by atoms with Crippen molar-refractivity contribution in [1.29, 1.82) is 0 Å². The first-order valence-corrected chi connectivity index (χ1v) is 14.3. The molecule has 37 heavy (non-hydrogen) atoms. The van der Waals surface area contributed by atoms with Gasteiger partial charge in [-0.15, -0.1) is 0 Å². The molecule has 202 valence electrons. The van der Waals surface area contributed by atoms with Crippen molar-refractivity contribution in [2.45, 2.75) is 106 Å². The molecule has 1 aromatic heterocycles. The number of Topliss-reactive ketones (excluding diaryl/α,β-unsaturated/α-hetero) is 1. The Morgan fingerprint density at radius 3 is 2.08 bits per heavy atom. The van der Waals surface area contributed by atoms with Gasteiger partial charge in [0.25, 0.3) is 0 Å². The average Bonchev–Trinajstić information content (AvgIpc) is 3.44. The van der Waals surface area contributed by atoms with Crippen molar-refractivity contribution < 1.29 is 9.18 Å². The van der Waals surface area contributed by atoms with Crippen molar-refractivity contribution in [3.63, 3.8) is 0 Å². The summed E-state index contributed by atoms with van der Waals surface area (Å²) < 4.78 is 17.8. The van der Waals surface area contributed by atoms with E-state index in [2.05, 4.69) is 59.5 Å². The predicted molar refractivity (Wildman–Crippen MR) is 156 cm³/mol. The molecule has 0 spiro atoms. The molecule has 0 N–H and O–H groups in total. The minimum atomic E-state index is -0.218. The number of carbonyl (C=O) groups is 1. The number of fused-ring (bicyclic) bond motifs is 5. The minimum absolute atomic E-state index is 0.173. The molecule has 0 saturated heterocycles. The van der Waals surface area contributed by atoms with Gasteiger partial charge in [-0.05, 0) is 53.5 Å². The number of ketones is 1. The van der Waals surface area contributed by atoms with Gasteiger partial charge in [0.2, 0.25) is 0 Å². The molecular formula is C33H47FN2O. The van der Waals surface area contributed by atoms with Crippen LogP contribution >= 0.6 is 0 Å². The smallest absolute Gasteiger partial charge is 0.163 e. The number of imidazole rings is 1. The Morgan fingerprint density at radius 1 is 0.892 bits per heavy atom. The van der Waals surface area contributed by atoms with E-state index in [1.54, 1.807) is 6.20 Å². The highest BCUT2D eigenvalue weighted by atomic mass is 19.1. The Hall–Kier alpha value is -2.75. The lowest BCUT2D eigenvalue weighted by atomic mass is 9.87. The van der Waals surface area contributed by atoms with E-state index in [1.165, 1.54) is 25.7 Å². The van der Waals surface area contributed by atoms with Crippen LogP contribution < -0.4 is 0 Å². The average molecular weight is 507 g/mol. The van der Waals surface area contributed by atoms with E-state index in [9.17, 15) is 4.79 Å². The SMILES string of the molecule is CC1CCc2ccc3c(c2-c2c1ccc(-c1nccn1C)c2F)CCC3=O.CCC.CCC.CCCC. The predicted octanol–water partition coefficient (Wildman–Crippen LogP) is 9.71. The molecule has 0 bridgehead atoms. The summed E-state index contributed by atoms with van der Waals surface area (Å²) in [5.74, 6) is 0.847. The molecule has 1 heterocycles. The molecule has 0 radical (unpaired) electrons. The molecule has 1 atom stereocenters. The second kappa shape index (κ2) is 14.9. The molecule has 2 aliphatic carbocycles. The first-order valence-electron chi connectivity index (χ1n) is 14.3. The van der Waals surface area contributed by atoms with Gasteiger partial charge in [0.05, 0.1) is 5.56 Å². The molecule has 1 unspecified atom stereocenters. The molecular weight excluding hydrogens is 459 g/mol. The van der Waals surface area contributed by atoms with E-state index < -0.39 is 0 Å². The van der Waals surface area contributed by atoms with E-state index in [4.69, 9.17) is 0 Å². The van der Waals surface area contributed by atoms with Crippen LogP contribution in [0.2, 0.25) is 0 Å². The second-order valence-electron chi connectivity index (χ2n) is 10.2. The molecule has 2 aliphatic rings. The quantitative estimate of drug-likeness (QED) is 0.347.